The first kappa shape index (κ1) is 17.8. The molecule has 0 saturated carbocycles. The van der Waals surface area contributed by atoms with E-state index in [1.165, 1.54) is 55.2 Å². The van der Waals surface area contributed by atoms with Gasteiger partial charge in [0.05, 0.1) is 0 Å². The van der Waals surface area contributed by atoms with Crippen LogP contribution in [0.4, 0.5) is 5.69 Å². The van der Waals surface area contributed by atoms with Crippen molar-refractivity contribution in [2.45, 2.75) is 52.5 Å². The predicted molar refractivity (Wildman–Crippen MR) is 103 cm³/mol. The normalized spacial score (nSPS) is 18.3. The van der Waals surface area contributed by atoms with Crippen LogP contribution in [0.25, 0.3) is 10.8 Å². The summed E-state index contributed by atoms with van der Waals surface area (Å²) in [7, 11) is 0. The molecule has 1 unspecified atom stereocenters. The molecule has 1 fully saturated rings. The van der Waals surface area contributed by atoms with Crippen LogP contribution in [-0.4, -0.2) is 30.6 Å². The van der Waals surface area contributed by atoms with Gasteiger partial charge in [0.15, 0.2) is 0 Å². The zero-order chi connectivity index (χ0) is 16.5. The molecular formula is C21H32N2. The number of likely N-dealkylation sites (tertiary alicyclic amines) is 1. The van der Waals surface area contributed by atoms with Gasteiger partial charge in [-0.2, -0.15) is 0 Å². The summed E-state index contributed by atoms with van der Waals surface area (Å²) in [5, 5.41) is 6.19. The predicted octanol–water partition coefficient (Wildman–Crippen LogP) is 5.54. The van der Waals surface area contributed by atoms with Crippen LogP contribution in [0.2, 0.25) is 0 Å². The summed E-state index contributed by atoms with van der Waals surface area (Å²) in [5.41, 5.74) is 1.24. The summed E-state index contributed by atoms with van der Waals surface area (Å²) in [6.45, 7) is 9.94. The molecule has 1 N–H and O–H groups in total. The van der Waals surface area contributed by atoms with E-state index in [0.717, 1.165) is 12.6 Å². The fourth-order valence-electron chi connectivity index (χ4n) is 3.30. The number of rotatable bonds is 5. The highest BCUT2D eigenvalue weighted by Gasteiger charge is 2.16. The maximum absolute atomic E-state index is 3.56. The number of benzene rings is 2. The average Bonchev–Trinajstić information content (AvgIpc) is 2.62. The summed E-state index contributed by atoms with van der Waals surface area (Å²) in [6.07, 6.45) is 5.38. The Morgan fingerprint density at radius 2 is 1.83 bits per heavy atom. The lowest BCUT2D eigenvalue weighted by atomic mass is 10.0. The fourth-order valence-corrected chi connectivity index (χ4v) is 3.30. The molecule has 2 aromatic rings. The van der Waals surface area contributed by atoms with Crippen molar-refractivity contribution in [2.24, 2.45) is 0 Å². The van der Waals surface area contributed by atoms with Gasteiger partial charge in [-0.15, -0.1) is 0 Å². The second-order valence-corrected chi connectivity index (χ2v) is 6.22. The quantitative estimate of drug-likeness (QED) is 0.729. The molecule has 1 atom stereocenters. The van der Waals surface area contributed by atoms with Crippen LogP contribution in [0.15, 0.2) is 42.5 Å². The maximum atomic E-state index is 3.56. The smallest absolute Gasteiger partial charge is 0.0346 e. The zero-order valence-electron chi connectivity index (χ0n) is 15.0. The minimum absolute atomic E-state index is 0.777. The lowest BCUT2D eigenvalue weighted by Gasteiger charge is -2.33. The molecule has 0 aliphatic carbocycles. The first-order valence-electron chi connectivity index (χ1n) is 9.30. The Kier molecular flexibility index (Phi) is 7.41. The van der Waals surface area contributed by atoms with Crippen LogP contribution in [0, 0.1) is 0 Å². The molecule has 3 rings (SSSR count). The molecule has 126 valence electrons. The molecular weight excluding hydrogens is 280 g/mol. The largest absolute Gasteiger partial charge is 0.385 e. The van der Waals surface area contributed by atoms with Crippen LogP contribution < -0.4 is 5.32 Å². The second-order valence-electron chi connectivity index (χ2n) is 6.22. The lowest BCUT2D eigenvalue weighted by Crippen LogP contribution is -2.38. The molecule has 0 amide bonds. The van der Waals surface area contributed by atoms with Crippen molar-refractivity contribution in [3.05, 3.63) is 42.5 Å². The second kappa shape index (κ2) is 9.57. The molecule has 0 aromatic heterocycles. The molecule has 23 heavy (non-hydrogen) atoms. The van der Waals surface area contributed by atoms with E-state index in [4.69, 9.17) is 0 Å². The third-order valence-corrected chi connectivity index (χ3v) is 4.64. The Bertz CT molecular complexity index is 579. The highest BCUT2D eigenvalue weighted by Crippen LogP contribution is 2.19. The van der Waals surface area contributed by atoms with Crippen LogP contribution >= 0.6 is 0 Å². The third-order valence-electron chi connectivity index (χ3n) is 4.64. The average molecular weight is 313 g/mol. The molecule has 2 aromatic carbocycles. The Morgan fingerprint density at radius 3 is 2.61 bits per heavy atom. The van der Waals surface area contributed by atoms with Gasteiger partial charge in [0, 0.05) is 24.8 Å². The summed E-state index contributed by atoms with van der Waals surface area (Å²) in [5.74, 6) is 0. The van der Waals surface area contributed by atoms with Crippen molar-refractivity contribution in [1.29, 1.82) is 0 Å². The number of fused-ring (bicyclic) bond motifs is 1. The molecule has 0 spiro atoms. The number of nitrogens with one attached hydrogen (secondary N) is 1. The molecule has 0 bridgehead atoms. The standard InChI is InChI=1S/C19H26N2.C2H6/c1-16-7-4-5-13-21(16)14-6-12-20-19-11-10-17-8-2-3-9-18(17)15-19;1-2/h2-3,8-11,15-16,20H,4-7,12-14H2,1H3;1-2H3. The highest BCUT2D eigenvalue weighted by atomic mass is 15.2. The van der Waals surface area contributed by atoms with Gasteiger partial charge >= 0.3 is 0 Å². The van der Waals surface area contributed by atoms with E-state index in [1.54, 1.807) is 0 Å². The van der Waals surface area contributed by atoms with Crippen molar-refractivity contribution < 1.29 is 0 Å². The number of piperidine rings is 1. The van der Waals surface area contributed by atoms with E-state index in [0.29, 0.717) is 0 Å². The van der Waals surface area contributed by atoms with E-state index >= 15 is 0 Å². The summed E-state index contributed by atoms with van der Waals surface area (Å²) in [6, 6.07) is 15.9. The number of hydrogen-bond donors (Lipinski definition) is 1. The highest BCUT2D eigenvalue weighted by molar-refractivity contribution is 5.85. The Balaban J connectivity index is 0.000000924. The SMILES string of the molecule is CC.CC1CCCCN1CCCNc1ccc2ccccc2c1. The molecule has 2 nitrogen and oxygen atoms in total. The van der Waals surface area contributed by atoms with Crippen LogP contribution in [0.3, 0.4) is 0 Å². The number of hydrogen-bond acceptors (Lipinski definition) is 2. The summed E-state index contributed by atoms with van der Waals surface area (Å²) >= 11 is 0. The van der Waals surface area contributed by atoms with E-state index < -0.39 is 0 Å². The summed E-state index contributed by atoms with van der Waals surface area (Å²) in [4.78, 5) is 2.64. The summed E-state index contributed by atoms with van der Waals surface area (Å²) < 4.78 is 0. The third kappa shape index (κ3) is 5.24. The van der Waals surface area contributed by atoms with E-state index in [-0.39, 0.29) is 0 Å². The van der Waals surface area contributed by atoms with Gasteiger partial charge in [0.25, 0.3) is 0 Å². The van der Waals surface area contributed by atoms with E-state index in [9.17, 15) is 0 Å². The molecule has 1 aliphatic heterocycles. The minimum atomic E-state index is 0.777. The van der Waals surface area contributed by atoms with E-state index in [1.807, 2.05) is 13.8 Å². The Hall–Kier alpha value is -1.54. The minimum Gasteiger partial charge on any atom is -0.385 e. The van der Waals surface area contributed by atoms with Gasteiger partial charge in [0.2, 0.25) is 0 Å². The zero-order valence-corrected chi connectivity index (χ0v) is 15.0. The van der Waals surface area contributed by atoms with Gasteiger partial charge in [-0.1, -0.05) is 50.6 Å². The van der Waals surface area contributed by atoms with E-state index in [2.05, 4.69) is 59.6 Å². The van der Waals surface area contributed by atoms with Crippen molar-refractivity contribution in [1.82, 2.24) is 4.90 Å². The topological polar surface area (TPSA) is 15.3 Å². The van der Waals surface area contributed by atoms with Crippen molar-refractivity contribution in [3.8, 4) is 0 Å². The van der Waals surface area contributed by atoms with Crippen molar-refractivity contribution in [2.75, 3.05) is 25.0 Å². The lowest BCUT2D eigenvalue weighted by molar-refractivity contribution is 0.160. The van der Waals surface area contributed by atoms with Crippen molar-refractivity contribution in [3.63, 3.8) is 0 Å². The molecule has 1 aliphatic rings. The molecule has 1 saturated heterocycles. The fraction of sp³-hybridized carbons (Fsp3) is 0.524. The molecule has 2 heteroatoms. The Morgan fingerprint density at radius 1 is 1.04 bits per heavy atom. The van der Waals surface area contributed by atoms with Crippen LogP contribution in [0.5, 0.6) is 0 Å². The van der Waals surface area contributed by atoms with Crippen LogP contribution in [0.1, 0.15) is 46.5 Å². The van der Waals surface area contributed by atoms with Crippen molar-refractivity contribution >= 4 is 16.5 Å². The molecule has 1 heterocycles. The molecule has 0 radical (unpaired) electrons. The first-order valence-corrected chi connectivity index (χ1v) is 9.30. The van der Waals surface area contributed by atoms with Gasteiger partial charge in [0.1, 0.15) is 0 Å². The van der Waals surface area contributed by atoms with Gasteiger partial charge < -0.3 is 10.2 Å². The van der Waals surface area contributed by atoms with Gasteiger partial charge in [-0.25, -0.2) is 0 Å². The van der Waals surface area contributed by atoms with Crippen LogP contribution in [-0.2, 0) is 0 Å². The first-order chi connectivity index (χ1) is 11.3. The monoisotopic (exact) mass is 312 g/mol. The maximum Gasteiger partial charge on any atom is 0.0346 e. The number of anilines is 1. The van der Waals surface area contributed by atoms with Gasteiger partial charge in [-0.05, 0) is 55.6 Å². The number of nitrogens with zero attached hydrogens (tertiary/aromatic N) is 1. The van der Waals surface area contributed by atoms with Gasteiger partial charge in [-0.3, -0.25) is 0 Å². The Labute approximate surface area is 141 Å².